The molecule has 0 radical (unpaired) electrons. The van der Waals surface area contributed by atoms with Gasteiger partial charge in [-0.15, -0.1) is 0 Å². The molecule has 0 aromatic carbocycles. The van der Waals surface area contributed by atoms with Gasteiger partial charge in [-0.1, -0.05) is 6.08 Å². The Morgan fingerprint density at radius 2 is 2.04 bits per heavy atom. The topological polar surface area (TPSA) is 18.8 Å². The molecule has 4 aliphatic heterocycles. The largest absolute Gasteiger partial charge is 0.338 e. The summed E-state index contributed by atoms with van der Waals surface area (Å²) in [6, 6.07) is -0.110. The minimum absolute atomic E-state index is 0.110. The number of rotatable bonds is 0. The molecule has 0 fully saturated rings. The zero-order valence-corrected chi connectivity index (χ0v) is 15.7. The van der Waals surface area contributed by atoms with E-state index in [1.54, 1.807) is 6.92 Å². The minimum atomic E-state index is -1.45. The van der Waals surface area contributed by atoms with Crippen molar-refractivity contribution in [3.63, 3.8) is 0 Å². The van der Waals surface area contributed by atoms with E-state index in [9.17, 15) is 0 Å². The fourth-order valence-corrected chi connectivity index (χ4v) is 5.86. The van der Waals surface area contributed by atoms with Crippen molar-refractivity contribution < 1.29 is 4.39 Å². The summed E-state index contributed by atoms with van der Waals surface area (Å²) in [4.78, 5) is 9.43. The molecule has 0 aromatic rings. The Labute approximate surface area is 149 Å². The number of alkyl halides is 1. The Kier molecular flexibility index (Phi) is 2.71. The smallest absolute Gasteiger partial charge is 0.150 e. The highest BCUT2D eigenvalue weighted by Gasteiger charge is 2.60. The van der Waals surface area contributed by atoms with Gasteiger partial charge in [0.1, 0.15) is 0 Å². The second-order valence-corrected chi connectivity index (χ2v) is 8.83. The van der Waals surface area contributed by atoms with Crippen LogP contribution in [-0.2, 0) is 0 Å². The van der Waals surface area contributed by atoms with Crippen molar-refractivity contribution in [1.29, 1.82) is 0 Å². The van der Waals surface area contributed by atoms with E-state index in [1.165, 1.54) is 22.4 Å². The maximum atomic E-state index is 15.9. The first kappa shape index (κ1) is 15.6. The van der Waals surface area contributed by atoms with Crippen LogP contribution in [0, 0.1) is 5.41 Å². The lowest BCUT2D eigenvalue weighted by Crippen LogP contribution is -2.56. The third-order valence-corrected chi connectivity index (χ3v) is 6.92. The highest BCUT2D eigenvalue weighted by molar-refractivity contribution is 5.82. The fourth-order valence-electron chi connectivity index (χ4n) is 5.86. The summed E-state index contributed by atoms with van der Waals surface area (Å²) in [5.74, 6) is 0. The van der Waals surface area contributed by atoms with Crippen LogP contribution in [0.5, 0.6) is 0 Å². The molecule has 4 atom stereocenters. The molecule has 4 unspecified atom stereocenters. The molecule has 4 heterocycles. The molecule has 25 heavy (non-hydrogen) atoms. The fraction of sp³-hybridized carbons (Fsp3) is 0.571. The molecular formula is C21H26FN3. The highest BCUT2D eigenvalue weighted by atomic mass is 19.1. The van der Waals surface area contributed by atoms with Gasteiger partial charge in [0.05, 0.1) is 11.6 Å². The Bertz CT molecular complexity index is 843. The van der Waals surface area contributed by atoms with Gasteiger partial charge in [0, 0.05) is 43.0 Å². The predicted octanol–water partition coefficient (Wildman–Crippen LogP) is 3.62. The number of aliphatic imine (C=N–C) groups is 1. The lowest BCUT2D eigenvalue weighted by Gasteiger charge is -2.54. The quantitative estimate of drug-likeness (QED) is 0.628. The van der Waals surface area contributed by atoms with E-state index in [0.29, 0.717) is 0 Å². The average Bonchev–Trinajstić information content (AvgIpc) is 2.76. The molecule has 5 rings (SSSR count). The first-order valence-corrected chi connectivity index (χ1v) is 9.30. The molecule has 3 nitrogen and oxygen atoms in total. The van der Waals surface area contributed by atoms with Gasteiger partial charge in [0.2, 0.25) is 0 Å². The second kappa shape index (κ2) is 4.35. The van der Waals surface area contributed by atoms with E-state index >= 15 is 4.39 Å². The van der Waals surface area contributed by atoms with Gasteiger partial charge < -0.3 is 9.80 Å². The van der Waals surface area contributed by atoms with E-state index in [1.807, 2.05) is 19.2 Å². The van der Waals surface area contributed by atoms with Crippen molar-refractivity contribution in [3.8, 4) is 0 Å². The molecule has 4 heteroatoms. The summed E-state index contributed by atoms with van der Waals surface area (Å²) >= 11 is 0. The van der Waals surface area contributed by atoms with Crippen molar-refractivity contribution in [2.75, 3.05) is 20.1 Å². The summed E-state index contributed by atoms with van der Waals surface area (Å²) in [6.07, 6.45) is 9.41. The molecule has 0 saturated heterocycles. The molecule has 0 N–H and O–H groups in total. The number of hydrogen-bond acceptors (Lipinski definition) is 3. The zero-order valence-electron chi connectivity index (χ0n) is 15.7. The lowest BCUT2D eigenvalue weighted by atomic mass is 9.59. The van der Waals surface area contributed by atoms with Gasteiger partial charge in [0.15, 0.2) is 5.67 Å². The molecule has 0 saturated carbocycles. The van der Waals surface area contributed by atoms with Crippen LogP contribution in [0.15, 0.2) is 51.3 Å². The Morgan fingerprint density at radius 3 is 2.80 bits per heavy atom. The van der Waals surface area contributed by atoms with Crippen LogP contribution in [0.1, 0.15) is 34.1 Å². The van der Waals surface area contributed by atoms with Crippen molar-refractivity contribution in [1.82, 2.24) is 9.80 Å². The van der Waals surface area contributed by atoms with Crippen molar-refractivity contribution >= 4 is 6.21 Å². The maximum absolute atomic E-state index is 15.9. The van der Waals surface area contributed by atoms with Gasteiger partial charge in [-0.25, -0.2) is 4.39 Å². The third kappa shape index (κ3) is 1.67. The summed E-state index contributed by atoms with van der Waals surface area (Å²) < 4.78 is 15.9. The molecule has 0 spiro atoms. The van der Waals surface area contributed by atoms with E-state index in [0.717, 1.165) is 25.1 Å². The normalized spacial score (nSPS) is 45.0. The Morgan fingerprint density at radius 1 is 1.28 bits per heavy atom. The number of nitrogens with zero attached hydrogens (tertiary/aromatic N) is 3. The number of halogens is 1. The number of hydrogen-bond donors (Lipinski definition) is 0. The zero-order chi connectivity index (χ0) is 17.8. The van der Waals surface area contributed by atoms with Crippen LogP contribution < -0.4 is 0 Å². The molecule has 132 valence electrons. The number of allylic oxidation sites excluding steroid dienone is 2. The van der Waals surface area contributed by atoms with Gasteiger partial charge >= 0.3 is 0 Å². The first-order chi connectivity index (χ1) is 11.7. The predicted molar refractivity (Wildman–Crippen MR) is 99.2 cm³/mol. The van der Waals surface area contributed by atoms with Gasteiger partial charge in [-0.3, -0.25) is 4.99 Å². The summed E-state index contributed by atoms with van der Waals surface area (Å²) in [7, 11) is 2.15. The monoisotopic (exact) mass is 339 g/mol. The molecule has 5 aliphatic rings. The van der Waals surface area contributed by atoms with E-state index < -0.39 is 5.67 Å². The minimum Gasteiger partial charge on any atom is -0.338 e. The van der Waals surface area contributed by atoms with Crippen LogP contribution in [-0.4, -0.2) is 53.4 Å². The highest BCUT2D eigenvalue weighted by Crippen LogP contribution is 2.61. The van der Waals surface area contributed by atoms with Gasteiger partial charge in [0.25, 0.3) is 0 Å². The molecule has 0 aromatic heterocycles. The standard InChI is InChI=1S/C21H26FN3/c1-13-17-18-19(2,12-23-13)7-9-25-16-6-8-24(5)11-14(16)15(21(18,25)4)10-20(17,3)22/h7,9-10,12-13H,6,8,11H2,1-5H3. The molecule has 0 bridgehead atoms. The second-order valence-electron chi connectivity index (χ2n) is 8.83. The summed E-state index contributed by atoms with van der Waals surface area (Å²) in [5.41, 5.74) is 3.94. The number of dihydropyridines is 1. The van der Waals surface area contributed by atoms with Gasteiger partial charge in [-0.05, 0) is 63.1 Å². The Hall–Kier alpha value is -1.68. The lowest BCUT2D eigenvalue weighted by molar-refractivity contribution is 0.219. The van der Waals surface area contributed by atoms with Crippen LogP contribution in [0.25, 0.3) is 0 Å². The van der Waals surface area contributed by atoms with Crippen LogP contribution in [0.4, 0.5) is 4.39 Å². The maximum Gasteiger partial charge on any atom is 0.150 e. The number of likely N-dealkylation sites (N-methyl/N-ethyl adjacent to an activating group) is 1. The Balaban J connectivity index is 1.83. The van der Waals surface area contributed by atoms with Crippen molar-refractivity contribution in [3.05, 3.63) is 46.3 Å². The SMILES string of the molecule is CC1N=CC2(C)C=CN3C4=C(CN(C)CC4)C4=CC(C)(F)C1=C2C43C. The third-order valence-electron chi connectivity index (χ3n) is 6.92. The van der Waals surface area contributed by atoms with Crippen LogP contribution in [0.2, 0.25) is 0 Å². The molecule has 1 aliphatic carbocycles. The van der Waals surface area contributed by atoms with Crippen LogP contribution in [0.3, 0.4) is 0 Å². The van der Waals surface area contributed by atoms with Gasteiger partial charge in [-0.2, -0.15) is 0 Å². The average molecular weight is 339 g/mol. The van der Waals surface area contributed by atoms with E-state index in [-0.39, 0.29) is 17.0 Å². The first-order valence-electron chi connectivity index (χ1n) is 9.30. The summed E-state index contributed by atoms with van der Waals surface area (Å²) in [6.45, 7) is 10.2. The molecular weight excluding hydrogens is 313 g/mol. The van der Waals surface area contributed by atoms with Crippen molar-refractivity contribution in [2.45, 2.75) is 51.4 Å². The number of fused-ring (bicyclic) bond motifs is 2. The summed E-state index contributed by atoms with van der Waals surface area (Å²) in [5, 5.41) is 0. The van der Waals surface area contributed by atoms with E-state index in [4.69, 9.17) is 0 Å². The molecule has 0 amide bonds. The van der Waals surface area contributed by atoms with E-state index in [2.05, 4.69) is 48.0 Å². The van der Waals surface area contributed by atoms with Crippen LogP contribution >= 0.6 is 0 Å². The van der Waals surface area contributed by atoms with Crippen molar-refractivity contribution in [2.24, 2.45) is 10.4 Å².